The third kappa shape index (κ3) is 1.75. The maximum absolute atomic E-state index is 10.6. The van der Waals surface area contributed by atoms with Crippen LogP contribution in [0.1, 0.15) is 25.7 Å². The van der Waals surface area contributed by atoms with Crippen LogP contribution >= 0.6 is 0 Å². The third-order valence-corrected chi connectivity index (χ3v) is 2.39. The van der Waals surface area contributed by atoms with Gasteiger partial charge in [0.05, 0.1) is 5.92 Å². The quantitative estimate of drug-likeness (QED) is 0.614. The van der Waals surface area contributed by atoms with Gasteiger partial charge >= 0.3 is 5.97 Å². The number of hydrogen-bond acceptors (Lipinski definition) is 3. The minimum Gasteiger partial charge on any atom is -0.550 e. The largest absolute Gasteiger partial charge is 0.550 e. The second-order valence-corrected chi connectivity index (χ2v) is 3.15. The van der Waals surface area contributed by atoms with E-state index in [1.165, 1.54) is 0 Å². The Morgan fingerprint density at radius 2 is 1.67 bits per heavy atom. The molecule has 0 aliphatic heterocycles. The molecule has 4 heteroatoms. The summed E-state index contributed by atoms with van der Waals surface area (Å²) in [4.78, 5) is 21.1. The van der Waals surface area contributed by atoms with Gasteiger partial charge in [0.1, 0.15) is 0 Å². The molecule has 12 heavy (non-hydrogen) atoms. The zero-order valence-electron chi connectivity index (χ0n) is 6.66. The van der Waals surface area contributed by atoms with Crippen molar-refractivity contribution in [2.45, 2.75) is 25.7 Å². The summed E-state index contributed by atoms with van der Waals surface area (Å²) in [5.41, 5.74) is 0. The van der Waals surface area contributed by atoms with Crippen LogP contribution in [0.25, 0.3) is 0 Å². The lowest BCUT2D eigenvalue weighted by molar-refractivity contribution is -0.314. The minimum atomic E-state index is -1.22. The summed E-state index contributed by atoms with van der Waals surface area (Å²) in [6.45, 7) is 0. The van der Waals surface area contributed by atoms with Crippen LogP contribution in [0.2, 0.25) is 0 Å². The van der Waals surface area contributed by atoms with Gasteiger partial charge in [-0.25, -0.2) is 0 Å². The minimum absolute atomic E-state index is 0.444. The lowest BCUT2D eigenvalue weighted by Gasteiger charge is -2.28. The Morgan fingerprint density at radius 3 is 2.00 bits per heavy atom. The van der Waals surface area contributed by atoms with Crippen molar-refractivity contribution in [3.8, 4) is 0 Å². The first-order chi connectivity index (χ1) is 5.63. The first-order valence-electron chi connectivity index (χ1n) is 4.06. The molecule has 0 amide bonds. The monoisotopic (exact) mass is 171 g/mol. The fraction of sp³-hybridized carbons (Fsp3) is 0.750. The molecule has 0 unspecified atom stereocenters. The van der Waals surface area contributed by atoms with E-state index in [0.29, 0.717) is 12.8 Å². The van der Waals surface area contributed by atoms with Gasteiger partial charge in [0, 0.05) is 11.9 Å². The molecule has 2 atom stereocenters. The normalized spacial score (nSPS) is 29.7. The van der Waals surface area contributed by atoms with Gasteiger partial charge in [-0.15, -0.1) is 0 Å². The fourth-order valence-corrected chi connectivity index (χ4v) is 1.71. The molecule has 1 aliphatic rings. The molecule has 0 aromatic heterocycles. The van der Waals surface area contributed by atoms with Gasteiger partial charge in [0.25, 0.3) is 0 Å². The number of carboxylic acids is 2. The summed E-state index contributed by atoms with van der Waals surface area (Å²) in [7, 11) is 0. The SMILES string of the molecule is O=C([O-])[C@H]1CCCC[C@@H]1C(=O)O. The predicted octanol–water partition coefficient (Wildman–Crippen LogP) is -0.373. The number of carbonyl (C=O) groups is 2. The molecule has 1 rings (SSSR count). The van der Waals surface area contributed by atoms with E-state index in [-0.39, 0.29) is 0 Å². The first kappa shape index (κ1) is 9.03. The molecule has 0 radical (unpaired) electrons. The second kappa shape index (κ2) is 3.56. The van der Waals surface area contributed by atoms with Crippen LogP contribution in [0.4, 0.5) is 0 Å². The zero-order valence-corrected chi connectivity index (χ0v) is 6.66. The van der Waals surface area contributed by atoms with Gasteiger partial charge in [-0.3, -0.25) is 4.79 Å². The smallest absolute Gasteiger partial charge is 0.307 e. The van der Waals surface area contributed by atoms with Gasteiger partial charge in [0.2, 0.25) is 0 Å². The van der Waals surface area contributed by atoms with Crippen molar-refractivity contribution < 1.29 is 19.8 Å². The molecule has 1 fully saturated rings. The molecular formula is C8H11O4-. The Labute approximate surface area is 70.2 Å². The topological polar surface area (TPSA) is 77.4 Å². The summed E-state index contributed by atoms with van der Waals surface area (Å²) in [5, 5.41) is 19.2. The van der Waals surface area contributed by atoms with E-state index in [9.17, 15) is 14.7 Å². The van der Waals surface area contributed by atoms with E-state index >= 15 is 0 Å². The lowest BCUT2D eigenvalue weighted by atomic mass is 9.79. The highest BCUT2D eigenvalue weighted by Crippen LogP contribution is 2.29. The summed E-state index contributed by atoms with van der Waals surface area (Å²) in [6.07, 6.45) is 2.51. The molecule has 0 bridgehead atoms. The molecule has 1 aliphatic carbocycles. The lowest BCUT2D eigenvalue weighted by Crippen LogP contribution is -2.40. The van der Waals surface area contributed by atoms with Crippen molar-refractivity contribution in [3.05, 3.63) is 0 Å². The van der Waals surface area contributed by atoms with Crippen molar-refractivity contribution >= 4 is 11.9 Å². The van der Waals surface area contributed by atoms with E-state index in [4.69, 9.17) is 5.11 Å². The Bertz CT molecular complexity index is 177. The van der Waals surface area contributed by atoms with E-state index in [1.54, 1.807) is 0 Å². The van der Waals surface area contributed by atoms with E-state index in [2.05, 4.69) is 0 Å². The average molecular weight is 171 g/mol. The summed E-state index contributed by atoms with van der Waals surface area (Å²) in [6, 6.07) is 0. The first-order valence-corrected chi connectivity index (χ1v) is 4.06. The molecule has 0 saturated heterocycles. The van der Waals surface area contributed by atoms with Crippen molar-refractivity contribution in [1.29, 1.82) is 0 Å². The molecule has 1 N–H and O–H groups in total. The van der Waals surface area contributed by atoms with Gasteiger partial charge in [-0.2, -0.15) is 0 Å². The summed E-state index contributed by atoms with van der Waals surface area (Å²) < 4.78 is 0. The van der Waals surface area contributed by atoms with Crippen LogP contribution in [-0.2, 0) is 9.59 Å². The Kier molecular flexibility index (Phi) is 2.68. The van der Waals surface area contributed by atoms with Gasteiger partial charge in [-0.05, 0) is 12.8 Å². The Balaban J connectivity index is 2.67. The Hall–Kier alpha value is -1.06. The van der Waals surface area contributed by atoms with Crippen molar-refractivity contribution in [2.75, 3.05) is 0 Å². The van der Waals surface area contributed by atoms with Crippen molar-refractivity contribution in [2.24, 2.45) is 11.8 Å². The second-order valence-electron chi connectivity index (χ2n) is 3.15. The molecule has 0 heterocycles. The summed E-state index contributed by atoms with van der Waals surface area (Å²) >= 11 is 0. The van der Waals surface area contributed by atoms with Gasteiger partial charge in [0.15, 0.2) is 0 Å². The predicted molar refractivity (Wildman–Crippen MR) is 38.1 cm³/mol. The summed E-state index contributed by atoms with van der Waals surface area (Å²) in [5.74, 6) is -3.74. The maximum atomic E-state index is 10.6. The highest BCUT2D eigenvalue weighted by molar-refractivity contribution is 5.79. The van der Waals surface area contributed by atoms with Crippen molar-refractivity contribution in [3.63, 3.8) is 0 Å². The number of hydrogen-bond donors (Lipinski definition) is 1. The molecule has 0 aromatic rings. The van der Waals surface area contributed by atoms with Crippen LogP contribution in [0.5, 0.6) is 0 Å². The van der Waals surface area contributed by atoms with Gasteiger partial charge < -0.3 is 15.0 Å². The van der Waals surface area contributed by atoms with E-state index < -0.39 is 23.8 Å². The third-order valence-electron chi connectivity index (χ3n) is 2.39. The molecule has 4 nitrogen and oxygen atoms in total. The molecule has 1 saturated carbocycles. The van der Waals surface area contributed by atoms with Crippen LogP contribution in [0.3, 0.4) is 0 Å². The average Bonchev–Trinajstić information content (AvgIpc) is 2.04. The molecule has 0 spiro atoms. The van der Waals surface area contributed by atoms with Crippen LogP contribution in [0, 0.1) is 11.8 Å². The van der Waals surface area contributed by atoms with Crippen LogP contribution < -0.4 is 5.11 Å². The molecule has 0 aromatic carbocycles. The van der Waals surface area contributed by atoms with Crippen molar-refractivity contribution in [1.82, 2.24) is 0 Å². The standard InChI is InChI=1S/C8H12O4/c9-7(10)5-3-1-2-4-6(5)8(11)12/h5-6H,1-4H2,(H,9,10)(H,11,12)/p-1/t5-,6-/m0/s1. The number of aliphatic carboxylic acids is 2. The zero-order chi connectivity index (χ0) is 9.14. The maximum Gasteiger partial charge on any atom is 0.307 e. The van der Waals surface area contributed by atoms with Gasteiger partial charge in [-0.1, -0.05) is 12.8 Å². The molecular weight excluding hydrogens is 160 g/mol. The Morgan fingerprint density at radius 1 is 1.17 bits per heavy atom. The number of rotatable bonds is 2. The highest BCUT2D eigenvalue weighted by atomic mass is 16.4. The fourth-order valence-electron chi connectivity index (χ4n) is 1.71. The van der Waals surface area contributed by atoms with E-state index in [1.807, 2.05) is 0 Å². The number of carbonyl (C=O) groups excluding carboxylic acids is 1. The number of carboxylic acid groups (broad SMARTS) is 2. The molecule has 68 valence electrons. The highest BCUT2D eigenvalue weighted by Gasteiger charge is 2.31. The van der Waals surface area contributed by atoms with Crippen LogP contribution in [-0.4, -0.2) is 17.0 Å². The van der Waals surface area contributed by atoms with E-state index in [0.717, 1.165) is 12.8 Å². The van der Waals surface area contributed by atoms with Crippen LogP contribution in [0.15, 0.2) is 0 Å².